The van der Waals surface area contributed by atoms with Crippen molar-refractivity contribution in [3.05, 3.63) is 182 Å². The van der Waals surface area contributed by atoms with Crippen LogP contribution in [0.25, 0.3) is 108 Å². The number of hydrogen-bond acceptors (Lipinski definition) is 1. The lowest BCUT2D eigenvalue weighted by Crippen LogP contribution is -1.96. The summed E-state index contributed by atoms with van der Waals surface area (Å²) in [5.41, 5.74) is 7.29. The average molecular weight is 691 g/mol. The first-order chi connectivity index (χ1) is 26.3. The maximum Gasteiger partial charge on any atom is 0.0628 e. The van der Waals surface area contributed by atoms with Crippen molar-refractivity contribution in [1.29, 1.82) is 0 Å². The number of benzene rings is 9. The van der Waals surface area contributed by atoms with E-state index in [1.165, 1.54) is 96.2 Å². The van der Waals surface area contributed by atoms with Crippen molar-refractivity contribution in [1.82, 2.24) is 9.13 Å². The summed E-state index contributed by atoms with van der Waals surface area (Å²) >= 11 is 1.89. The molecule has 0 aliphatic carbocycles. The van der Waals surface area contributed by atoms with Gasteiger partial charge < -0.3 is 9.13 Å². The first-order valence-electron chi connectivity index (χ1n) is 18.2. The van der Waals surface area contributed by atoms with Crippen LogP contribution in [-0.2, 0) is 0 Å². The Kier molecular flexibility index (Phi) is 5.96. The number of thiophene rings is 1. The van der Waals surface area contributed by atoms with E-state index in [1.807, 2.05) is 11.3 Å². The number of aromatic nitrogens is 2. The highest BCUT2D eigenvalue weighted by Crippen LogP contribution is 2.44. The highest BCUT2D eigenvalue weighted by atomic mass is 32.1. The zero-order valence-electron chi connectivity index (χ0n) is 28.6. The first-order valence-corrected chi connectivity index (χ1v) is 19.0. The van der Waals surface area contributed by atoms with Crippen molar-refractivity contribution >= 4 is 96.4 Å². The Balaban J connectivity index is 1.16. The van der Waals surface area contributed by atoms with Crippen LogP contribution in [-0.4, -0.2) is 9.13 Å². The van der Waals surface area contributed by atoms with Crippen LogP contribution >= 0.6 is 11.3 Å². The van der Waals surface area contributed by atoms with Crippen LogP contribution in [0.15, 0.2) is 182 Å². The Labute approximate surface area is 309 Å². The second-order valence-corrected chi connectivity index (χ2v) is 15.2. The molecule has 0 bridgehead atoms. The van der Waals surface area contributed by atoms with Crippen molar-refractivity contribution in [3.63, 3.8) is 0 Å². The normalized spacial score (nSPS) is 12.2. The van der Waals surface area contributed by atoms with E-state index in [-0.39, 0.29) is 0 Å². The molecular weight excluding hydrogens is 661 g/mol. The summed E-state index contributed by atoms with van der Waals surface area (Å²) < 4.78 is 7.46. The summed E-state index contributed by atoms with van der Waals surface area (Å²) in [4.78, 5) is 0. The van der Waals surface area contributed by atoms with Gasteiger partial charge in [-0.15, -0.1) is 11.3 Å². The zero-order valence-corrected chi connectivity index (χ0v) is 29.4. The van der Waals surface area contributed by atoms with E-state index in [0.717, 1.165) is 11.4 Å². The summed E-state index contributed by atoms with van der Waals surface area (Å²) in [5, 5.41) is 15.2. The van der Waals surface area contributed by atoms with Crippen molar-refractivity contribution in [2.24, 2.45) is 0 Å². The van der Waals surface area contributed by atoms with Crippen LogP contribution in [0, 0.1) is 0 Å². The van der Waals surface area contributed by atoms with Crippen LogP contribution in [0.3, 0.4) is 0 Å². The quantitative estimate of drug-likeness (QED) is 0.163. The molecule has 12 rings (SSSR count). The number of fused-ring (bicyclic) bond motifs is 13. The summed E-state index contributed by atoms with van der Waals surface area (Å²) in [7, 11) is 0. The SMILES string of the molecule is c1ccc2cc(-n3ccc4c5cc(-c6cccc7c6sc6ccccc67)ccc5c5c(ccn5-c5ccc6ccc7ccccc7c6c5)c43)ccc2c1. The molecule has 246 valence electrons. The fourth-order valence-corrected chi connectivity index (χ4v) is 10.1. The lowest BCUT2D eigenvalue weighted by atomic mass is 9.96. The molecule has 2 nitrogen and oxygen atoms in total. The van der Waals surface area contributed by atoms with E-state index in [9.17, 15) is 0 Å². The van der Waals surface area contributed by atoms with Crippen molar-refractivity contribution < 1.29 is 0 Å². The van der Waals surface area contributed by atoms with Gasteiger partial charge in [0.1, 0.15) is 0 Å². The molecule has 3 heterocycles. The molecule has 0 fully saturated rings. The van der Waals surface area contributed by atoms with E-state index >= 15 is 0 Å². The zero-order chi connectivity index (χ0) is 34.6. The Morgan fingerprint density at radius 1 is 0.340 bits per heavy atom. The Hall–Kier alpha value is -6.68. The van der Waals surface area contributed by atoms with Gasteiger partial charge in [0.05, 0.1) is 11.0 Å². The third kappa shape index (κ3) is 4.20. The lowest BCUT2D eigenvalue weighted by molar-refractivity contribution is 1.13. The molecule has 9 aromatic carbocycles. The molecule has 0 aliphatic rings. The van der Waals surface area contributed by atoms with Gasteiger partial charge in [-0.1, -0.05) is 121 Å². The van der Waals surface area contributed by atoms with Crippen molar-refractivity contribution in [3.8, 4) is 22.5 Å². The highest BCUT2D eigenvalue weighted by Gasteiger charge is 2.19. The first kappa shape index (κ1) is 29.0. The minimum atomic E-state index is 1.16. The Morgan fingerprint density at radius 2 is 0.962 bits per heavy atom. The molecule has 0 spiro atoms. The van der Waals surface area contributed by atoms with Gasteiger partial charge in [-0.05, 0) is 97.4 Å². The second kappa shape index (κ2) is 10.9. The van der Waals surface area contributed by atoms with E-state index in [0.29, 0.717) is 0 Å². The minimum Gasteiger partial charge on any atom is -0.316 e. The lowest BCUT2D eigenvalue weighted by Gasteiger charge is -2.15. The predicted octanol–water partition coefficient (Wildman–Crippen LogP) is 14.2. The van der Waals surface area contributed by atoms with Gasteiger partial charge in [0.15, 0.2) is 0 Å². The monoisotopic (exact) mass is 690 g/mol. The standard InChI is InChI=1S/C50H30N2S/c1-2-10-34-28-36(21-18-31(34)8-1)51-26-24-42-46-29-35(39-13-7-14-43-40-12-5-6-15-47(40)53-50(39)43)20-23-41(46)48-44(49(42)51)25-27-52(48)37-22-19-33-17-16-32-9-3-4-11-38(32)45(33)30-37/h1-30H. The van der Waals surface area contributed by atoms with Crippen LogP contribution in [0.4, 0.5) is 0 Å². The van der Waals surface area contributed by atoms with E-state index in [2.05, 4.69) is 191 Å². The van der Waals surface area contributed by atoms with Gasteiger partial charge in [-0.3, -0.25) is 0 Å². The van der Waals surface area contributed by atoms with E-state index in [4.69, 9.17) is 0 Å². The smallest absolute Gasteiger partial charge is 0.0628 e. The van der Waals surface area contributed by atoms with Gasteiger partial charge in [0, 0.05) is 60.1 Å². The number of hydrogen-bond donors (Lipinski definition) is 0. The molecule has 0 N–H and O–H groups in total. The molecule has 0 unspecified atom stereocenters. The molecule has 0 radical (unpaired) electrons. The maximum absolute atomic E-state index is 2.44. The Morgan fingerprint density at radius 3 is 1.81 bits per heavy atom. The van der Waals surface area contributed by atoms with Gasteiger partial charge in [-0.2, -0.15) is 0 Å². The van der Waals surface area contributed by atoms with Gasteiger partial charge in [0.2, 0.25) is 0 Å². The highest BCUT2D eigenvalue weighted by molar-refractivity contribution is 7.26. The van der Waals surface area contributed by atoms with Crippen LogP contribution < -0.4 is 0 Å². The van der Waals surface area contributed by atoms with E-state index < -0.39 is 0 Å². The van der Waals surface area contributed by atoms with Gasteiger partial charge in [-0.25, -0.2) is 0 Å². The largest absolute Gasteiger partial charge is 0.316 e. The average Bonchev–Trinajstić information content (AvgIpc) is 3.96. The molecule has 0 amide bonds. The fourth-order valence-electron chi connectivity index (χ4n) is 8.84. The van der Waals surface area contributed by atoms with Crippen LogP contribution in [0.2, 0.25) is 0 Å². The molecule has 0 saturated heterocycles. The van der Waals surface area contributed by atoms with Crippen LogP contribution in [0.5, 0.6) is 0 Å². The third-order valence-electron chi connectivity index (χ3n) is 11.3. The van der Waals surface area contributed by atoms with Crippen LogP contribution in [0.1, 0.15) is 0 Å². The molecule has 3 heteroatoms. The van der Waals surface area contributed by atoms with E-state index in [1.54, 1.807) is 0 Å². The maximum atomic E-state index is 2.44. The molecule has 0 aliphatic heterocycles. The summed E-state index contributed by atoms with van der Waals surface area (Å²) in [5.74, 6) is 0. The van der Waals surface area contributed by atoms with Gasteiger partial charge in [0.25, 0.3) is 0 Å². The number of rotatable bonds is 3. The molecule has 12 aromatic rings. The molecule has 0 atom stereocenters. The van der Waals surface area contributed by atoms with Crippen molar-refractivity contribution in [2.75, 3.05) is 0 Å². The second-order valence-electron chi connectivity index (χ2n) is 14.2. The summed E-state index contributed by atoms with van der Waals surface area (Å²) in [6.45, 7) is 0. The van der Waals surface area contributed by atoms with Gasteiger partial charge >= 0.3 is 0 Å². The molecule has 0 saturated carbocycles. The van der Waals surface area contributed by atoms with Crippen molar-refractivity contribution in [2.45, 2.75) is 0 Å². The third-order valence-corrected chi connectivity index (χ3v) is 12.5. The molecular formula is C50H30N2S. The summed E-state index contributed by atoms with van der Waals surface area (Å²) in [6.07, 6.45) is 4.52. The molecule has 3 aromatic heterocycles. The molecule has 53 heavy (non-hydrogen) atoms. The topological polar surface area (TPSA) is 9.86 Å². The fraction of sp³-hybridized carbons (Fsp3) is 0. The predicted molar refractivity (Wildman–Crippen MR) is 228 cm³/mol. The number of nitrogens with zero attached hydrogens (tertiary/aromatic N) is 2. The Bertz CT molecular complexity index is 3470. The summed E-state index contributed by atoms with van der Waals surface area (Å²) in [6, 6.07) is 62.8. The minimum absolute atomic E-state index is 1.16.